The van der Waals surface area contributed by atoms with Crippen LogP contribution in [0.5, 0.6) is 0 Å². The van der Waals surface area contributed by atoms with Crippen LogP contribution in [-0.4, -0.2) is 36.4 Å². The van der Waals surface area contributed by atoms with Crippen LogP contribution in [-0.2, 0) is 9.53 Å². The van der Waals surface area contributed by atoms with Crippen LogP contribution in [0.3, 0.4) is 0 Å². The second-order valence-electron chi connectivity index (χ2n) is 3.88. The summed E-state index contributed by atoms with van der Waals surface area (Å²) >= 11 is 0. The van der Waals surface area contributed by atoms with Crippen LogP contribution < -0.4 is 5.32 Å². The maximum atomic E-state index is 11.0. The predicted octanol–water partition coefficient (Wildman–Crippen LogP) is 1.65. The smallest absolute Gasteiger partial charge is 0.323 e. The molecule has 4 heteroatoms. The van der Waals surface area contributed by atoms with Crippen molar-refractivity contribution in [2.45, 2.75) is 45.6 Å². The van der Waals surface area contributed by atoms with Crippen LogP contribution in [0.2, 0.25) is 0 Å². The van der Waals surface area contributed by atoms with Gasteiger partial charge >= 0.3 is 5.97 Å². The first kappa shape index (κ1) is 14.4. The predicted molar refractivity (Wildman–Crippen MR) is 60.1 cm³/mol. The topological polar surface area (TPSA) is 58.6 Å². The Morgan fingerprint density at radius 2 is 2.07 bits per heavy atom. The van der Waals surface area contributed by atoms with Crippen molar-refractivity contribution in [3.8, 4) is 0 Å². The van der Waals surface area contributed by atoms with Crippen LogP contribution >= 0.6 is 0 Å². The summed E-state index contributed by atoms with van der Waals surface area (Å²) in [6, 6.07) is 0. The van der Waals surface area contributed by atoms with E-state index >= 15 is 0 Å². The van der Waals surface area contributed by atoms with E-state index in [9.17, 15) is 4.79 Å². The molecule has 0 bridgehead atoms. The molecule has 0 aromatic heterocycles. The van der Waals surface area contributed by atoms with E-state index in [-0.39, 0.29) is 0 Å². The van der Waals surface area contributed by atoms with Gasteiger partial charge in [-0.1, -0.05) is 13.8 Å². The van der Waals surface area contributed by atoms with Gasteiger partial charge in [0.1, 0.15) is 5.54 Å². The fourth-order valence-electron chi connectivity index (χ4n) is 1.44. The van der Waals surface area contributed by atoms with E-state index in [0.717, 1.165) is 19.4 Å². The number of rotatable bonds is 9. The van der Waals surface area contributed by atoms with Gasteiger partial charge in [-0.3, -0.25) is 4.79 Å². The maximum absolute atomic E-state index is 11.0. The van der Waals surface area contributed by atoms with E-state index in [2.05, 4.69) is 12.2 Å². The molecule has 0 aliphatic heterocycles. The van der Waals surface area contributed by atoms with Gasteiger partial charge in [-0.05, 0) is 32.7 Å². The van der Waals surface area contributed by atoms with E-state index < -0.39 is 11.5 Å². The number of ether oxygens (including phenoxy) is 1. The maximum Gasteiger partial charge on any atom is 0.323 e. The third-order valence-corrected chi connectivity index (χ3v) is 2.35. The summed E-state index contributed by atoms with van der Waals surface area (Å²) in [6.45, 7) is 7.75. The summed E-state index contributed by atoms with van der Waals surface area (Å²) < 4.78 is 5.32. The molecule has 0 saturated heterocycles. The molecule has 4 nitrogen and oxygen atoms in total. The molecule has 1 atom stereocenters. The Morgan fingerprint density at radius 1 is 1.40 bits per heavy atom. The molecule has 0 aliphatic carbocycles. The fourth-order valence-corrected chi connectivity index (χ4v) is 1.44. The summed E-state index contributed by atoms with van der Waals surface area (Å²) in [6.07, 6.45) is 2.37. The Bertz CT molecular complexity index is 185. The lowest BCUT2D eigenvalue weighted by Gasteiger charge is -2.25. The summed E-state index contributed by atoms with van der Waals surface area (Å²) in [5.74, 6) is -0.792. The molecule has 15 heavy (non-hydrogen) atoms. The molecular formula is C11H23NO3. The van der Waals surface area contributed by atoms with Gasteiger partial charge in [0.15, 0.2) is 0 Å². The lowest BCUT2D eigenvalue weighted by Crippen LogP contribution is -2.49. The Labute approximate surface area is 92.0 Å². The van der Waals surface area contributed by atoms with Crippen LogP contribution in [0.1, 0.15) is 40.0 Å². The third-order valence-electron chi connectivity index (χ3n) is 2.35. The van der Waals surface area contributed by atoms with Gasteiger partial charge in [-0.15, -0.1) is 0 Å². The van der Waals surface area contributed by atoms with Crippen molar-refractivity contribution in [1.82, 2.24) is 5.32 Å². The molecule has 0 aromatic rings. The number of nitrogens with one attached hydrogen (secondary N) is 1. The minimum Gasteiger partial charge on any atom is -0.480 e. The average Bonchev–Trinajstić information content (AvgIpc) is 2.18. The Hall–Kier alpha value is -0.610. The van der Waals surface area contributed by atoms with Crippen molar-refractivity contribution in [2.75, 3.05) is 19.8 Å². The standard InChI is InChI=1S/C11H23NO3/c1-4-8-15-9-6-7-11(3,10(13)14)12-5-2/h12H,4-9H2,1-3H3,(H,13,14). The van der Waals surface area contributed by atoms with E-state index in [0.29, 0.717) is 19.6 Å². The zero-order chi connectivity index (χ0) is 11.7. The summed E-state index contributed by atoms with van der Waals surface area (Å²) in [4.78, 5) is 11.0. The van der Waals surface area contributed by atoms with Crippen molar-refractivity contribution in [3.05, 3.63) is 0 Å². The lowest BCUT2D eigenvalue weighted by atomic mass is 9.96. The number of carbonyl (C=O) groups is 1. The summed E-state index contributed by atoms with van der Waals surface area (Å²) in [5, 5.41) is 12.1. The van der Waals surface area contributed by atoms with Gasteiger partial charge in [0.05, 0.1) is 0 Å². The Kier molecular flexibility index (Phi) is 7.34. The zero-order valence-electron chi connectivity index (χ0n) is 10.0. The molecule has 0 aromatic carbocycles. The van der Waals surface area contributed by atoms with Gasteiger partial charge in [0, 0.05) is 13.2 Å². The van der Waals surface area contributed by atoms with Crippen LogP contribution in [0.15, 0.2) is 0 Å². The number of hydrogen-bond donors (Lipinski definition) is 2. The number of likely N-dealkylation sites (N-methyl/N-ethyl adjacent to an activating group) is 1. The van der Waals surface area contributed by atoms with Crippen molar-refractivity contribution in [1.29, 1.82) is 0 Å². The number of carboxylic acids is 1. The summed E-state index contributed by atoms with van der Waals surface area (Å²) in [5.41, 5.74) is -0.815. The first-order valence-corrected chi connectivity index (χ1v) is 5.63. The van der Waals surface area contributed by atoms with E-state index in [1.807, 2.05) is 6.92 Å². The van der Waals surface area contributed by atoms with Crippen molar-refractivity contribution >= 4 is 5.97 Å². The van der Waals surface area contributed by atoms with Crippen LogP contribution in [0.4, 0.5) is 0 Å². The number of hydrogen-bond acceptors (Lipinski definition) is 3. The zero-order valence-corrected chi connectivity index (χ0v) is 10.0. The molecule has 0 radical (unpaired) electrons. The highest BCUT2D eigenvalue weighted by Gasteiger charge is 2.30. The quantitative estimate of drug-likeness (QED) is 0.576. The molecule has 90 valence electrons. The van der Waals surface area contributed by atoms with Gasteiger partial charge in [0.25, 0.3) is 0 Å². The molecule has 0 heterocycles. The molecule has 0 spiro atoms. The van der Waals surface area contributed by atoms with Crippen LogP contribution in [0, 0.1) is 0 Å². The molecule has 0 saturated carbocycles. The molecule has 1 unspecified atom stereocenters. The van der Waals surface area contributed by atoms with E-state index in [4.69, 9.17) is 9.84 Å². The minimum absolute atomic E-state index is 0.597. The first-order chi connectivity index (χ1) is 7.06. The van der Waals surface area contributed by atoms with E-state index in [1.54, 1.807) is 6.92 Å². The lowest BCUT2D eigenvalue weighted by molar-refractivity contribution is -0.144. The van der Waals surface area contributed by atoms with Gasteiger partial charge in [-0.2, -0.15) is 0 Å². The van der Waals surface area contributed by atoms with Crippen molar-refractivity contribution < 1.29 is 14.6 Å². The monoisotopic (exact) mass is 217 g/mol. The highest BCUT2D eigenvalue weighted by Crippen LogP contribution is 2.12. The normalized spacial score (nSPS) is 14.9. The molecule has 0 aliphatic rings. The molecule has 0 rings (SSSR count). The van der Waals surface area contributed by atoms with E-state index in [1.165, 1.54) is 0 Å². The highest BCUT2D eigenvalue weighted by atomic mass is 16.5. The fraction of sp³-hybridized carbons (Fsp3) is 0.909. The second-order valence-corrected chi connectivity index (χ2v) is 3.88. The van der Waals surface area contributed by atoms with Crippen LogP contribution in [0.25, 0.3) is 0 Å². The first-order valence-electron chi connectivity index (χ1n) is 5.63. The average molecular weight is 217 g/mol. The Morgan fingerprint density at radius 3 is 2.53 bits per heavy atom. The third kappa shape index (κ3) is 5.74. The number of aliphatic carboxylic acids is 1. The van der Waals surface area contributed by atoms with Gasteiger partial charge in [0.2, 0.25) is 0 Å². The largest absolute Gasteiger partial charge is 0.480 e. The second kappa shape index (κ2) is 7.65. The molecule has 2 N–H and O–H groups in total. The number of carboxylic acid groups (broad SMARTS) is 1. The van der Waals surface area contributed by atoms with Gasteiger partial charge < -0.3 is 15.2 Å². The van der Waals surface area contributed by atoms with Gasteiger partial charge in [-0.25, -0.2) is 0 Å². The molecule has 0 amide bonds. The highest BCUT2D eigenvalue weighted by molar-refractivity contribution is 5.78. The summed E-state index contributed by atoms with van der Waals surface area (Å²) in [7, 11) is 0. The van der Waals surface area contributed by atoms with Crippen molar-refractivity contribution in [2.24, 2.45) is 0 Å². The molecule has 0 fully saturated rings. The molecular weight excluding hydrogens is 194 g/mol. The Balaban J connectivity index is 3.81. The van der Waals surface area contributed by atoms with Crippen molar-refractivity contribution in [3.63, 3.8) is 0 Å². The SMILES string of the molecule is CCCOCCCC(C)(NCC)C(=O)O. The minimum atomic E-state index is -0.815.